The number of aromatic amines is 1. The van der Waals surface area contributed by atoms with Gasteiger partial charge in [-0.1, -0.05) is 12.1 Å². The molecule has 2 N–H and O–H groups in total. The zero-order valence-electron chi connectivity index (χ0n) is 13.7. The minimum Gasteiger partial charge on any atom is -0.345 e. The number of carbonyl (C=O) groups is 2. The van der Waals surface area contributed by atoms with Crippen LogP contribution >= 0.6 is 27.3 Å². The van der Waals surface area contributed by atoms with Crippen molar-refractivity contribution in [3.63, 3.8) is 0 Å². The lowest BCUT2D eigenvalue weighted by molar-refractivity contribution is -0.122. The van der Waals surface area contributed by atoms with Crippen LogP contribution in [0.2, 0.25) is 0 Å². The number of hydrogen-bond donors (Lipinski definition) is 2. The highest BCUT2D eigenvalue weighted by atomic mass is 79.9. The first-order chi connectivity index (χ1) is 11.9. The Labute approximate surface area is 157 Å². The van der Waals surface area contributed by atoms with Crippen LogP contribution in [0.5, 0.6) is 0 Å². The number of thiophene rings is 1. The summed E-state index contributed by atoms with van der Waals surface area (Å²) in [6.45, 7) is 1.84. The number of benzene rings is 1. The minimum absolute atomic E-state index is 0.0150. The van der Waals surface area contributed by atoms with Crippen LogP contribution in [0, 0.1) is 0 Å². The maximum atomic E-state index is 12.3. The van der Waals surface area contributed by atoms with E-state index in [1.165, 1.54) is 16.2 Å². The second-order valence-corrected chi connectivity index (χ2v) is 8.16. The number of nitrogens with one attached hydrogen (secondary N) is 2. The molecule has 0 radical (unpaired) electrons. The number of aromatic nitrogens is 2. The first-order valence-electron chi connectivity index (χ1n) is 7.69. The van der Waals surface area contributed by atoms with Gasteiger partial charge < -0.3 is 15.2 Å². The molecule has 1 unspecified atom stereocenters. The Balaban J connectivity index is 1.60. The average Bonchev–Trinajstić information content (AvgIpc) is 3.19. The highest BCUT2D eigenvalue weighted by Gasteiger charge is 2.19. The first-order valence-corrected chi connectivity index (χ1v) is 9.30. The first kappa shape index (κ1) is 17.6. The van der Waals surface area contributed by atoms with Crippen molar-refractivity contribution < 1.29 is 9.59 Å². The molecule has 1 atom stereocenters. The Hall–Kier alpha value is -2.19. The number of halogens is 1. The van der Waals surface area contributed by atoms with E-state index in [-0.39, 0.29) is 24.4 Å². The molecule has 0 aliphatic carbocycles. The van der Waals surface area contributed by atoms with Gasteiger partial charge in [0, 0.05) is 7.05 Å². The molecular formula is C17H17BrN4O2S. The van der Waals surface area contributed by atoms with Gasteiger partial charge in [0.25, 0.3) is 5.91 Å². The zero-order chi connectivity index (χ0) is 18.0. The smallest absolute Gasteiger partial charge is 0.264 e. The SMILES string of the molecule is CC(NC(=O)CN(C)C(=O)c1ccc(Br)s1)c1nc2ccccc2[nH]1. The number of fused-ring (bicyclic) bond motifs is 1. The molecule has 6 nitrogen and oxygen atoms in total. The number of para-hydroxylation sites is 2. The Morgan fingerprint density at radius 3 is 2.76 bits per heavy atom. The predicted octanol–water partition coefficient (Wildman–Crippen LogP) is 3.34. The molecule has 0 aliphatic heterocycles. The maximum Gasteiger partial charge on any atom is 0.264 e. The van der Waals surface area contributed by atoms with Crippen LogP contribution in [0.25, 0.3) is 11.0 Å². The molecule has 130 valence electrons. The quantitative estimate of drug-likeness (QED) is 0.664. The lowest BCUT2D eigenvalue weighted by Gasteiger charge is -2.18. The average molecular weight is 421 g/mol. The van der Waals surface area contributed by atoms with Gasteiger partial charge in [-0.2, -0.15) is 0 Å². The van der Waals surface area contributed by atoms with E-state index >= 15 is 0 Å². The fourth-order valence-electron chi connectivity index (χ4n) is 2.44. The van der Waals surface area contributed by atoms with E-state index in [9.17, 15) is 9.59 Å². The Morgan fingerprint density at radius 1 is 1.32 bits per heavy atom. The van der Waals surface area contributed by atoms with Crippen LogP contribution < -0.4 is 5.32 Å². The summed E-state index contributed by atoms with van der Waals surface area (Å²) in [5, 5.41) is 2.87. The van der Waals surface area contributed by atoms with Gasteiger partial charge in [-0.15, -0.1) is 11.3 Å². The highest BCUT2D eigenvalue weighted by Crippen LogP contribution is 2.23. The maximum absolute atomic E-state index is 12.3. The number of imidazole rings is 1. The highest BCUT2D eigenvalue weighted by molar-refractivity contribution is 9.11. The van der Waals surface area contributed by atoms with Gasteiger partial charge in [-0.25, -0.2) is 4.98 Å². The van der Waals surface area contributed by atoms with Crippen LogP contribution in [0.15, 0.2) is 40.2 Å². The van der Waals surface area contributed by atoms with Crippen LogP contribution in [-0.2, 0) is 4.79 Å². The van der Waals surface area contributed by atoms with E-state index in [2.05, 4.69) is 31.2 Å². The summed E-state index contributed by atoms with van der Waals surface area (Å²) in [7, 11) is 1.61. The summed E-state index contributed by atoms with van der Waals surface area (Å²) >= 11 is 4.67. The van der Waals surface area contributed by atoms with Crippen molar-refractivity contribution in [3.05, 3.63) is 50.9 Å². The standard InChI is InChI=1S/C17H17BrN4O2S/c1-10(16-20-11-5-3-4-6-12(11)21-16)19-15(23)9-22(2)17(24)13-7-8-14(18)25-13/h3-8,10H,9H2,1-2H3,(H,19,23)(H,20,21). The predicted molar refractivity (Wildman–Crippen MR) is 102 cm³/mol. The van der Waals surface area contributed by atoms with E-state index in [0.717, 1.165) is 14.8 Å². The van der Waals surface area contributed by atoms with E-state index in [1.807, 2.05) is 37.3 Å². The third-order valence-corrected chi connectivity index (χ3v) is 5.32. The van der Waals surface area contributed by atoms with Crippen molar-refractivity contribution in [1.82, 2.24) is 20.2 Å². The minimum atomic E-state index is -0.278. The number of carbonyl (C=O) groups excluding carboxylic acids is 2. The van der Waals surface area contributed by atoms with Crippen LogP contribution in [0.3, 0.4) is 0 Å². The molecule has 0 bridgehead atoms. The van der Waals surface area contributed by atoms with E-state index in [4.69, 9.17) is 0 Å². The fraction of sp³-hybridized carbons (Fsp3) is 0.235. The summed E-state index contributed by atoms with van der Waals surface area (Å²) in [6, 6.07) is 11.0. The monoisotopic (exact) mass is 420 g/mol. The van der Waals surface area contributed by atoms with Crippen molar-refractivity contribution in [1.29, 1.82) is 0 Å². The number of amides is 2. The van der Waals surface area contributed by atoms with E-state index < -0.39 is 0 Å². The molecule has 2 aromatic heterocycles. The van der Waals surface area contributed by atoms with Crippen molar-refractivity contribution in [3.8, 4) is 0 Å². The van der Waals surface area contributed by atoms with Gasteiger partial charge in [0.05, 0.1) is 32.3 Å². The molecule has 1 aromatic carbocycles. The summed E-state index contributed by atoms with van der Waals surface area (Å²) < 4.78 is 0.882. The summed E-state index contributed by atoms with van der Waals surface area (Å²) in [4.78, 5) is 34.2. The molecule has 0 aliphatic rings. The molecule has 0 saturated heterocycles. The molecule has 0 spiro atoms. The molecule has 3 aromatic rings. The molecule has 0 saturated carbocycles. The third kappa shape index (κ3) is 4.08. The van der Waals surface area contributed by atoms with Gasteiger partial charge >= 0.3 is 0 Å². The molecular weight excluding hydrogens is 404 g/mol. The Bertz CT molecular complexity index is 887. The molecule has 25 heavy (non-hydrogen) atoms. The largest absolute Gasteiger partial charge is 0.345 e. The number of rotatable bonds is 5. The van der Waals surface area contributed by atoms with Crippen LogP contribution in [0.1, 0.15) is 28.5 Å². The number of H-pyrrole nitrogens is 1. The van der Waals surface area contributed by atoms with Gasteiger partial charge in [0.1, 0.15) is 5.82 Å². The number of hydrogen-bond acceptors (Lipinski definition) is 4. The summed E-state index contributed by atoms with van der Waals surface area (Å²) in [5.74, 6) is 0.271. The van der Waals surface area contributed by atoms with Crippen LogP contribution in [0.4, 0.5) is 0 Å². The van der Waals surface area contributed by atoms with Gasteiger partial charge in [0.2, 0.25) is 5.91 Å². The molecule has 0 fully saturated rings. The van der Waals surface area contributed by atoms with Crippen molar-refractivity contribution >= 4 is 50.1 Å². The molecule has 3 rings (SSSR count). The molecule has 2 heterocycles. The fourth-order valence-corrected chi connectivity index (χ4v) is 3.82. The Morgan fingerprint density at radius 2 is 2.08 bits per heavy atom. The second kappa shape index (κ2) is 7.37. The van der Waals surface area contributed by atoms with Gasteiger partial charge in [0.15, 0.2) is 0 Å². The van der Waals surface area contributed by atoms with E-state index in [0.29, 0.717) is 10.7 Å². The van der Waals surface area contributed by atoms with Crippen molar-refractivity contribution in [2.45, 2.75) is 13.0 Å². The summed E-state index contributed by atoms with van der Waals surface area (Å²) in [6.07, 6.45) is 0. The zero-order valence-corrected chi connectivity index (χ0v) is 16.1. The van der Waals surface area contributed by atoms with Crippen molar-refractivity contribution in [2.75, 3.05) is 13.6 Å². The summed E-state index contributed by atoms with van der Waals surface area (Å²) in [5.41, 5.74) is 1.78. The van der Waals surface area contributed by atoms with Crippen molar-refractivity contribution in [2.24, 2.45) is 0 Å². The molecule has 8 heteroatoms. The van der Waals surface area contributed by atoms with Gasteiger partial charge in [-0.3, -0.25) is 9.59 Å². The number of nitrogens with zero attached hydrogens (tertiary/aromatic N) is 2. The lowest BCUT2D eigenvalue weighted by Crippen LogP contribution is -2.39. The van der Waals surface area contributed by atoms with Gasteiger partial charge in [-0.05, 0) is 47.1 Å². The molecule has 2 amide bonds. The lowest BCUT2D eigenvalue weighted by atomic mass is 10.3. The topological polar surface area (TPSA) is 78.1 Å². The second-order valence-electron chi connectivity index (χ2n) is 5.69. The van der Waals surface area contributed by atoms with E-state index in [1.54, 1.807) is 13.1 Å². The number of likely N-dealkylation sites (N-methyl/N-ethyl adjacent to an activating group) is 1. The third-order valence-electron chi connectivity index (χ3n) is 3.71. The Kier molecular flexibility index (Phi) is 5.19. The van der Waals surface area contributed by atoms with Crippen LogP contribution in [-0.4, -0.2) is 40.3 Å². The normalized spacial score (nSPS) is 12.1.